The van der Waals surface area contributed by atoms with Crippen molar-refractivity contribution in [1.29, 1.82) is 0 Å². The third-order valence-electron chi connectivity index (χ3n) is 5.72. The molecule has 2 aromatic carbocycles. The van der Waals surface area contributed by atoms with Crippen molar-refractivity contribution in [3.8, 4) is 22.9 Å². The van der Waals surface area contributed by atoms with Crippen molar-refractivity contribution < 1.29 is 9.53 Å². The van der Waals surface area contributed by atoms with Crippen molar-refractivity contribution in [2.75, 3.05) is 6.54 Å². The summed E-state index contributed by atoms with van der Waals surface area (Å²) in [6, 6.07) is 21.2. The predicted octanol–water partition coefficient (Wildman–Crippen LogP) is 6.65. The molecular weight excluding hydrogens is 454 g/mol. The molecule has 0 radical (unpaired) electrons. The lowest BCUT2D eigenvalue weighted by atomic mass is 10.1. The standard InChI is InChI=1S/C26H24ClN3O2S/c1-29-26(32-22-11-6-5-10-21(22)27)20(24(28-29)19-8-3-2-4-9-19)17-30(16-18-13-14-18)25(31)23-12-7-15-33-23/h2-12,15,18H,13-14,16-17H2,1H3. The Morgan fingerprint density at radius 3 is 2.58 bits per heavy atom. The van der Waals surface area contributed by atoms with Crippen LogP contribution in [0.15, 0.2) is 72.1 Å². The monoisotopic (exact) mass is 477 g/mol. The fourth-order valence-electron chi connectivity index (χ4n) is 3.86. The molecule has 0 saturated heterocycles. The number of nitrogens with zero attached hydrogens (tertiary/aromatic N) is 3. The highest BCUT2D eigenvalue weighted by atomic mass is 35.5. The zero-order chi connectivity index (χ0) is 22.8. The van der Waals surface area contributed by atoms with Gasteiger partial charge < -0.3 is 9.64 Å². The number of amides is 1. The van der Waals surface area contributed by atoms with E-state index >= 15 is 0 Å². The number of hydrogen-bond donors (Lipinski definition) is 0. The summed E-state index contributed by atoms with van der Waals surface area (Å²) < 4.78 is 8.03. The minimum Gasteiger partial charge on any atom is -0.437 e. The van der Waals surface area contributed by atoms with Gasteiger partial charge in [0.15, 0.2) is 0 Å². The number of aryl methyl sites for hydroxylation is 1. The van der Waals surface area contributed by atoms with E-state index < -0.39 is 0 Å². The maximum atomic E-state index is 13.4. The summed E-state index contributed by atoms with van der Waals surface area (Å²) in [5.41, 5.74) is 2.65. The first kappa shape index (κ1) is 21.7. The molecule has 1 fully saturated rings. The van der Waals surface area contributed by atoms with Crippen LogP contribution in [0.4, 0.5) is 0 Å². The average Bonchev–Trinajstić information content (AvgIpc) is 3.37. The topological polar surface area (TPSA) is 47.4 Å². The summed E-state index contributed by atoms with van der Waals surface area (Å²) in [4.78, 5) is 16.1. The van der Waals surface area contributed by atoms with Crippen molar-refractivity contribution in [3.05, 3.63) is 87.6 Å². The lowest BCUT2D eigenvalue weighted by Crippen LogP contribution is -2.32. The van der Waals surface area contributed by atoms with Crippen LogP contribution in [0.3, 0.4) is 0 Å². The predicted molar refractivity (Wildman–Crippen MR) is 132 cm³/mol. The van der Waals surface area contributed by atoms with Crippen molar-refractivity contribution in [2.24, 2.45) is 13.0 Å². The number of carbonyl (C=O) groups is 1. The molecule has 4 aromatic rings. The van der Waals surface area contributed by atoms with Crippen LogP contribution in [-0.4, -0.2) is 27.1 Å². The highest BCUT2D eigenvalue weighted by molar-refractivity contribution is 7.12. The third kappa shape index (κ3) is 4.82. The fourth-order valence-corrected chi connectivity index (χ4v) is 4.73. The van der Waals surface area contributed by atoms with Crippen molar-refractivity contribution in [3.63, 3.8) is 0 Å². The molecule has 1 aliphatic carbocycles. The van der Waals surface area contributed by atoms with Crippen molar-refractivity contribution in [1.82, 2.24) is 14.7 Å². The first-order valence-electron chi connectivity index (χ1n) is 11.0. The molecule has 0 bridgehead atoms. The average molecular weight is 478 g/mol. The van der Waals surface area contributed by atoms with E-state index in [1.165, 1.54) is 11.3 Å². The second-order valence-electron chi connectivity index (χ2n) is 8.26. The smallest absolute Gasteiger partial charge is 0.264 e. The van der Waals surface area contributed by atoms with Gasteiger partial charge in [0.2, 0.25) is 5.88 Å². The molecular formula is C26H24ClN3O2S. The van der Waals surface area contributed by atoms with E-state index in [9.17, 15) is 4.79 Å². The summed E-state index contributed by atoms with van der Waals surface area (Å²) >= 11 is 7.86. The quantitative estimate of drug-likeness (QED) is 0.285. The van der Waals surface area contributed by atoms with Crippen LogP contribution in [0.5, 0.6) is 11.6 Å². The van der Waals surface area contributed by atoms with Crippen molar-refractivity contribution in [2.45, 2.75) is 19.4 Å². The normalized spacial score (nSPS) is 13.2. The summed E-state index contributed by atoms with van der Waals surface area (Å²) in [5, 5.41) is 7.25. The molecule has 2 aromatic heterocycles. The summed E-state index contributed by atoms with van der Waals surface area (Å²) in [6.07, 6.45) is 2.32. The molecule has 0 unspecified atom stereocenters. The highest BCUT2D eigenvalue weighted by Gasteiger charge is 2.30. The molecule has 1 saturated carbocycles. The Labute approximate surface area is 202 Å². The van der Waals surface area contributed by atoms with Gasteiger partial charge in [0.1, 0.15) is 11.4 Å². The summed E-state index contributed by atoms with van der Waals surface area (Å²) in [7, 11) is 1.86. The number of para-hydroxylation sites is 1. The SMILES string of the molecule is Cn1nc(-c2ccccc2)c(CN(CC2CC2)C(=O)c2cccs2)c1Oc1ccccc1Cl. The first-order valence-corrected chi connectivity index (χ1v) is 12.2. The van der Waals surface area contributed by atoms with Gasteiger partial charge in [-0.05, 0) is 42.3 Å². The number of carbonyl (C=O) groups excluding carboxylic acids is 1. The maximum absolute atomic E-state index is 13.4. The molecule has 0 N–H and O–H groups in total. The van der Waals surface area contributed by atoms with Crippen LogP contribution >= 0.6 is 22.9 Å². The van der Waals surface area contributed by atoms with Gasteiger partial charge in [0, 0.05) is 19.2 Å². The van der Waals surface area contributed by atoms with Crippen LogP contribution < -0.4 is 4.74 Å². The van der Waals surface area contributed by atoms with Crippen LogP contribution in [0, 0.1) is 5.92 Å². The van der Waals surface area contributed by atoms with E-state index in [4.69, 9.17) is 21.4 Å². The Morgan fingerprint density at radius 1 is 1.12 bits per heavy atom. The summed E-state index contributed by atoms with van der Waals surface area (Å²) in [6.45, 7) is 1.14. The molecule has 5 nitrogen and oxygen atoms in total. The molecule has 2 heterocycles. The maximum Gasteiger partial charge on any atom is 0.264 e. The van der Waals surface area contributed by atoms with Crippen LogP contribution in [0.25, 0.3) is 11.3 Å². The molecule has 0 aliphatic heterocycles. The summed E-state index contributed by atoms with van der Waals surface area (Å²) in [5.74, 6) is 1.74. The van der Waals surface area contributed by atoms with Gasteiger partial charge in [0.25, 0.3) is 5.91 Å². The Morgan fingerprint density at radius 2 is 1.88 bits per heavy atom. The lowest BCUT2D eigenvalue weighted by Gasteiger charge is -2.23. The van der Waals surface area contributed by atoms with Gasteiger partial charge in [-0.15, -0.1) is 11.3 Å². The van der Waals surface area contributed by atoms with Crippen LogP contribution in [0.1, 0.15) is 28.1 Å². The number of ether oxygens (including phenoxy) is 1. The molecule has 7 heteroatoms. The number of hydrogen-bond acceptors (Lipinski definition) is 4. The highest BCUT2D eigenvalue weighted by Crippen LogP contribution is 2.38. The Hall–Kier alpha value is -3.09. The minimum atomic E-state index is 0.0449. The van der Waals surface area contributed by atoms with Gasteiger partial charge in [-0.2, -0.15) is 5.10 Å². The zero-order valence-corrected chi connectivity index (χ0v) is 19.9. The zero-order valence-electron chi connectivity index (χ0n) is 18.3. The Kier molecular flexibility index (Phi) is 6.20. The molecule has 1 amide bonds. The van der Waals surface area contributed by atoms with Gasteiger partial charge in [0.05, 0.1) is 22.0 Å². The fraction of sp³-hybridized carbons (Fsp3) is 0.231. The second-order valence-corrected chi connectivity index (χ2v) is 9.62. The number of aromatic nitrogens is 2. The van der Waals surface area contributed by atoms with Gasteiger partial charge in [-0.3, -0.25) is 4.79 Å². The molecule has 1 aliphatic rings. The van der Waals surface area contributed by atoms with Crippen molar-refractivity contribution >= 4 is 28.8 Å². The third-order valence-corrected chi connectivity index (χ3v) is 6.89. The number of benzene rings is 2. The Balaban J connectivity index is 1.57. The number of rotatable bonds is 8. The lowest BCUT2D eigenvalue weighted by molar-refractivity contribution is 0.0739. The van der Waals surface area contributed by atoms with E-state index in [-0.39, 0.29) is 5.91 Å². The largest absolute Gasteiger partial charge is 0.437 e. The molecule has 33 heavy (non-hydrogen) atoms. The van der Waals surface area contributed by atoms with E-state index in [0.717, 1.165) is 41.1 Å². The number of thiophene rings is 1. The molecule has 0 spiro atoms. The first-order chi connectivity index (χ1) is 16.1. The molecule has 0 atom stereocenters. The Bertz CT molecular complexity index is 1250. The van der Waals surface area contributed by atoms with E-state index in [0.29, 0.717) is 29.1 Å². The van der Waals surface area contributed by atoms with Crippen LogP contribution in [-0.2, 0) is 13.6 Å². The van der Waals surface area contributed by atoms with Gasteiger partial charge in [-0.1, -0.05) is 60.1 Å². The second kappa shape index (κ2) is 9.41. The van der Waals surface area contributed by atoms with E-state index in [1.807, 2.05) is 78.0 Å². The molecule has 5 rings (SSSR count). The number of halogens is 1. The van der Waals surface area contributed by atoms with E-state index in [1.54, 1.807) is 10.7 Å². The minimum absolute atomic E-state index is 0.0449. The molecule has 168 valence electrons. The van der Waals surface area contributed by atoms with Gasteiger partial charge in [-0.25, -0.2) is 4.68 Å². The van der Waals surface area contributed by atoms with Crippen LogP contribution in [0.2, 0.25) is 5.02 Å². The van der Waals surface area contributed by atoms with Gasteiger partial charge >= 0.3 is 0 Å². The van der Waals surface area contributed by atoms with E-state index in [2.05, 4.69) is 0 Å².